The summed E-state index contributed by atoms with van der Waals surface area (Å²) in [5.41, 5.74) is 4.46. The van der Waals surface area contributed by atoms with Gasteiger partial charge in [0.1, 0.15) is 17.8 Å². The average molecular weight is 407 g/mol. The SMILES string of the molecule is CCc1cccc(CC)c1NCC(=O)NC1CCCN(c2ncnc3[nH]ccc23)C1. The molecule has 1 amide bonds. The summed E-state index contributed by atoms with van der Waals surface area (Å²) in [4.78, 5) is 26.8. The number of benzene rings is 1. The van der Waals surface area contributed by atoms with E-state index in [-0.39, 0.29) is 18.5 Å². The molecule has 1 atom stereocenters. The smallest absolute Gasteiger partial charge is 0.239 e. The monoisotopic (exact) mass is 406 g/mol. The van der Waals surface area contributed by atoms with Gasteiger partial charge in [-0.1, -0.05) is 32.0 Å². The number of para-hydroxylation sites is 1. The molecule has 0 saturated carbocycles. The van der Waals surface area contributed by atoms with E-state index in [4.69, 9.17) is 0 Å². The molecule has 0 aliphatic carbocycles. The fourth-order valence-corrected chi connectivity index (χ4v) is 4.32. The molecule has 3 N–H and O–H groups in total. The molecule has 0 spiro atoms. The fourth-order valence-electron chi connectivity index (χ4n) is 4.32. The number of aryl methyl sites for hydroxylation is 2. The Kier molecular flexibility index (Phi) is 6.16. The van der Waals surface area contributed by atoms with E-state index < -0.39 is 0 Å². The lowest BCUT2D eigenvalue weighted by Gasteiger charge is -2.34. The molecule has 1 aromatic carbocycles. The third kappa shape index (κ3) is 4.25. The van der Waals surface area contributed by atoms with Crippen molar-refractivity contribution in [3.63, 3.8) is 0 Å². The van der Waals surface area contributed by atoms with Crippen LogP contribution in [0.3, 0.4) is 0 Å². The Hall–Kier alpha value is -3.09. The number of anilines is 2. The first-order valence-corrected chi connectivity index (χ1v) is 10.9. The van der Waals surface area contributed by atoms with Gasteiger partial charge in [-0.15, -0.1) is 0 Å². The lowest BCUT2D eigenvalue weighted by atomic mass is 10.0. The summed E-state index contributed by atoms with van der Waals surface area (Å²) in [6, 6.07) is 8.47. The first kappa shape index (κ1) is 20.2. The lowest BCUT2D eigenvalue weighted by molar-refractivity contribution is -0.120. The number of piperidine rings is 1. The number of H-pyrrole nitrogens is 1. The number of carbonyl (C=O) groups excluding carboxylic acids is 1. The highest BCUT2D eigenvalue weighted by Crippen LogP contribution is 2.25. The quantitative estimate of drug-likeness (QED) is 0.561. The van der Waals surface area contributed by atoms with Crippen LogP contribution in [0.1, 0.15) is 37.8 Å². The zero-order chi connectivity index (χ0) is 20.9. The Balaban J connectivity index is 1.38. The van der Waals surface area contributed by atoms with Gasteiger partial charge in [0.2, 0.25) is 5.91 Å². The van der Waals surface area contributed by atoms with Gasteiger partial charge < -0.3 is 20.5 Å². The molecular formula is C23H30N6O. The van der Waals surface area contributed by atoms with E-state index in [1.54, 1.807) is 6.33 Å². The van der Waals surface area contributed by atoms with Crippen LogP contribution in [0.15, 0.2) is 36.8 Å². The number of hydrogen-bond acceptors (Lipinski definition) is 5. The van der Waals surface area contributed by atoms with Gasteiger partial charge in [0.25, 0.3) is 0 Å². The Labute approximate surface area is 177 Å². The molecule has 3 heterocycles. The minimum atomic E-state index is 0.0317. The molecule has 4 rings (SSSR count). The predicted molar refractivity (Wildman–Crippen MR) is 121 cm³/mol. The van der Waals surface area contributed by atoms with Crippen molar-refractivity contribution in [1.82, 2.24) is 20.3 Å². The van der Waals surface area contributed by atoms with Crippen molar-refractivity contribution in [1.29, 1.82) is 0 Å². The third-order valence-corrected chi connectivity index (χ3v) is 5.84. The minimum Gasteiger partial charge on any atom is -0.376 e. The first-order chi connectivity index (χ1) is 14.7. The summed E-state index contributed by atoms with van der Waals surface area (Å²) < 4.78 is 0. The molecule has 0 radical (unpaired) electrons. The predicted octanol–water partition coefficient (Wildman–Crippen LogP) is 3.28. The highest BCUT2D eigenvalue weighted by Gasteiger charge is 2.24. The summed E-state index contributed by atoms with van der Waals surface area (Å²) in [5, 5.41) is 7.62. The second-order valence-corrected chi connectivity index (χ2v) is 7.80. The lowest BCUT2D eigenvalue weighted by Crippen LogP contribution is -2.49. The molecule has 30 heavy (non-hydrogen) atoms. The number of nitrogens with zero attached hydrogens (tertiary/aromatic N) is 3. The Morgan fingerprint density at radius 1 is 1.20 bits per heavy atom. The summed E-state index contributed by atoms with van der Waals surface area (Å²) in [7, 11) is 0. The summed E-state index contributed by atoms with van der Waals surface area (Å²) in [5.74, 6) is 0.965. The second kappa shape index (κ2) is 9.15. The molecule has 3 aromatic rings. The molecule has 0 bridgehead atoms. The zero-order valence-electron chi connectivity index (χ0n) is 17.7. The van der Waals surface area contributed by atoms with Crippen LogP contribution in [0.5, 0.6) is 0 Å². The normalized spacial score (nSPS) is 16.6. The van der Waals surface area contributed by atoms with Gasteiger partial charge in [-0.3, -0.25) is 4.79 Å². The summed E-state index contributed by atoms with van der Waals surface area (Å²) >= 11 is 0. The van der Waals surface area contributed by atoms with Gasteiger partial charge in [-0.25, -0.2) is 9.97 Å². The number of aromatic nitrogens is 3. The molecule has 7 nitrogen and oxygen atoms in total. The van der Waals surface area contributed by atoms with Gasteiger partial charge in [0, 0.05) is 31.0 Å². The Morgan fingerprint density at radius 2 is 2.00 bits per heavy atom. The standard InChI is InChI=1S/C23H30N6O/c1-3-16-7-5-8-17(4-2)21(16)25-13-20(30)28-18-9-6-12-29(14-18)23-19-10-11-24-22(19)26-15-27-23/h5,7-8,10-11,15,18,25H,3-4,6,9,12-14H2,1-2H3,(H,28,30)(H,24,26,27). The first-order valence-electron chi connectivity index (χ1n) is 10.9. The second-order valence-electron chi connectivity index (χ2n) is 7.80. The van der Waals surface area contributed by atoms with E-state index in [1.807, 2.05) is 12.3 Å². The van der Waals surface area contributed by atoms with E-state index in [9.17, 15) is 4.79 Å². The largest absolute Gasteiger partial charge is 0.376 e. The minimum absolute atomic E-state index is 0.0317. The van der Waals surface area contributed by atoms with Crippen molar-refractivity contribution < 1.29 is 4.79 Å². The number of fused-ring (bicyclic) bond motifs is 1. The molecule has 1 saturated heterocycles. The van der Waals surface area contributed by atoms with Crippen LogP contribution in [0.25, 0.3) is 11.0 Å². The number of carbonyl (C=O) groups is 1. The Bertz CT molecular complexity index is 992. The van der Waals surface area contributed by atoms with Crippen LogP contribution in [0.2, 0.25) is 0 Å². The Morgan fingerprint density at radius 3 is 2.77 bits per heavy atom. The van der Waals surface area contributed by atoms with Crippen LogP contribution in [-0.2, 0) is 17.6 Å². The topological polar surface area (TPSA) is 85.9 Å². The van der Waals surface area contributed by atoms with E-state index >= 15 is 0 Å². The molecule has 2 aromatic heterocycles. The van der Waals surface area contributed by atoms with Crippen LogP contribution in [-0.4, -0.2) is 46.5 Å². The summed E-state index contributed by atoms with van der Waals surface area (Å²) in [6.45, 7) is 6.27. The van der Waals surface area contributed by atoms with Crippen molar-refractivity contribution in [3.8, 4) is 0 Å². The van der Waals surface area contributed by atoms with Crippen LogP contribution in [0.4, 0.5) is 11.5 Å². The van der Waals surface area contributed by atoms with Crippen molar-refractivity contribution in [3.05, 3.63) is 47.9 Å². The molecule has 1 aliphatic rings. The van der Waals surface area contributed by atoms with Crippen molar-refractivity contribution in [2.24, 2.45) is 0 Å². The number of rotatable bonds is 7. The van der Waals surface area contributed by atoms with Gasteiger partial charge in [0.15, 0.2) is 0 Å². The number of amides is 1. The molecule has 1 fully saturated rings. The maximum absolute atomic E-state index is 12.7. The van der Waals surface area contributed by atoms with Gasteiger partial charge in [-0.05, 0) is 42.9 Å². The van der Waals surface area contributed by atoms with Crippen LogP contribution in [0, 0.1) is 0 Å². The number of aromatic amines is 1. The maximum atomic E-state index is 12.7. The highest BCUT2D eigenvalue weighted by atomic mass is 16.2. The maximum Gasteiger partial charge on any atom is 0.239 e. The van der Waals surface area contributed by atoms with Gasteiger partial charge in [0.05, 0.1) is 11.9 Å². The van der Waals surface area contributed by atoms with Crippen molar-refractivity contribution in [2.45, 2.75) is 45.6 Å². The highest BCUT2D eigenvalue weighted by molar-refractivity contribution is 5.87. The van der Waals surface area contributed by atoms with Crippen LogP contribution >= 0.6 is 0 Å². The van der Waals surface area contributed by atoms with E-state index in [1.165, 1.54) is 11.1 Å². The number of nitrogens with one attached hydrogen (secondary N) is 3. The fraction of sp³-hybridized carbons (Fsp3) is 0.435. The molecular weight excluding hydrogens is 376 g/mol. The molecule has 1 aliphatic heterocycles. The van der Waals surface area contributed by atoms with E-state index in [0.29, 0.717) is 0 Å². The van der Waals surface area contributed by atoms with Crippen LogP contribution < -0.4 is 15.5 Å². The van der Waals surface area contributed by atoms with Gasteiger partial charge in [-0.2, -0.15) is 0 Å². The molecule has 7 heteroatoms. The van der Waals surface area contributed by atoms with Gasteiger partial charge >= 0.3 is 0 Å². The average Bonchev–Trinajstić information content (AvgIpc) is 3.26. The van der Waals surface area contributed by atoms with E-state index in [0.717, 1.165) is 61.3 Å². The molecule has 1 unspecified atom stereocenters. The number of hydrogen-bond donors (Lipinski definition) is 3. The zero-order valence-corrected chi connectivity index (χ0v) is 17.7. The van der Waals surface area contributed by atoms with Crippen molar-refractivity contribution >= 4 is 28.4 Å². The van der Waals surface area contributed by atoms with E-state index in [2.05, 4.69) is 62.5 Å². The summed E-state index contributed by atoms with van der Waals surface area (Å²) in [6.07, 6.45) is 7.37. The van der Waals surface area contributed by atoms with Crippen molar-refractivity contribution in [2.75, 3.05) is 29.9 Å². The third-order valence-electron chi connectivity index (χ3n) is 5.84. The molecule has 158 valence electrons.